The number of ether oxygens (including phenoxy) is 1. The van der Waals surface area contributed by atoms with E-state index in [1.54, 1.807) is 7.11 Å². The molecule has 0 amide bonds. The Kier molecular flexibility index (Phi) is 4.02. The summed E-state index contributed by atoms with van der Waals surface area (Å²) in [6, 6.07) is 8.51. The van der Waals surface area contributed by atoms with Crippen LogP contribution in [0.25, 0.3) is 0 Å². The second-order valence-corrected chi connectivity index (χ2v) is 4.69. The summed E-state index contributed by atoms with van der Waals surface area (Å²) in [5.41, 5.74) is 1.23. The Hall–Kier alpha value is -1.06. The molecule has 1 aliphatic heterocycles. The first kappa shape index (κ1) is 12.4. The van der Waals surface area contributed by atoms with Crippen molar-refractivity contribution in [3.05, 3.63) is 29.8 Å². The number of hydrogen-bond acceptors (Lipinski definition) is 3. The lowest BCUT2D eigenvalue weighted by molar-refractivity contribution is 0.0640. The fraction of sp³-hybridized carbons (Fsp3) is 0.571. The smallest absolute Gasteiger partial charge is 0.123 e. The van der Waals surface area contributed by atoms with E-state index in [1.807, 2.05) is 18.2 Å². The second-order valence-electron chi connectivity index (χ2n) is 4.69. The molecule has 1 N–H and O–H groups in total. The summed E-state index contributed by atoms with van der Waals surface area (Å²) in [4.78, 5) is 2.41. The minimum Gasteiger partial charge on any atom is -0.496 e. The van der Waals surface area contributed by atoms with Gasteiger partial charge in [0.1, 0.15) is 5.75 Å². The summed E-state index contributed by atoms with van der Waals surface area (Å²) in [6.45, 7) is 4.12. The van der Waals surface area contributed by atoms with Gasteiger partial charge in [0.25, 0.3) is 0 Å². The maximum Gasteiger partial charge on any atom is 0.123 e. The predicted octanol–water partition coefficient (Wildman–Crippen LogP) is 2.21. The minimum absolute atomic E-state index is 0.115. The Balaban J connectivity index is 2.10. The van der Waals surface area contributed by atoms with Crippen LogP contribution in [-0.4, -0.2) is 36.3 Å². The van der Waals surface area contributed by atoms with Crippen LogP contribution in [0.5, 0.6) is 5.75 Å². The summed E-state index contributed by atoms with van der Waals surface area (Å²) in [7, 11) is 1.71. The summed E-state index contributed by atoms with van der Waals surface area (Å²) in [5.74, 6) is 0.950. The van der Waals surface area contributed by atoms with Gasteiger partial charge < -0.3 is 9.84 Å². The molecule has 2 rings (SSSR count). The van der Waals surface area contributed by atoms with Crippen molar-refractivity contribution in [2.24, 2.45) is 0 Å². The molecular weight excluding hydrogens is 214 g/mol. The zero-order valence-corrected chi connectivity index (χ0v) is 10.6. The van der Waals surface area contributed by atoms with Crippen LogP contribution < -0.4 is 4.74 Å². The number of piperidine rings is 1. The van der Waals surface area contributed by atoms with Gasteiger partial charge in [0.05, 0.1) is 13.2 Å². The van der Waals surface area contributed by atoms with Crippen LogP contribution in [0.4, 0.5) is 0 Å². The summed E-state index contributed by atoms with van der Waals surface area (Å²) >= 11 is 0. The third-order valence-electron chi connectivity index (χ3n) is 3.64. The molecule has 1 aromatic rings. The quantitative estimate of drug-likeness (QED) is 0.872. The molecule has 0 aromatic heterocycles. The minimum atomic E-state index is -0.115. The molecule has 0 unspecified atom stereocenters. The predicted molar refractivity (Wildman–Crippen MR) is 68.2 cm³/mol. The summed E-state index contributed by atoms with van der Waals surface area (Å²) < 4.78 is 5.40. The molecule has 0 bridgehead atoms. The molecule has 0 spiro atoms. The van der Waals surface area contributed by atoms with Crippen LogP contribution in [0.2, 0.25) is 0 Å². The number of aliphatic hydroxyl groups is 1. The lowest BCUT2D eigenvalue weighted by atomic mass is 10.0. The molecule has 94 valence electrons. The lowest BCUT2D eigenvalue weighted by Crippen LogP contribution is -2.37. The third kappa shape index (κ3) is 2.79. The summed E-state index contributed by atoms with van der Waals surface area (Å²) in [5, 5.41) is 9.53. The number of hydrogen-bond donors (Lipinski definition) is 1. The number of nitrogens with zero attached hydrogens (tertiary/aromatic N) is 1. The average molecular weight is 235 g/mol. The van der Waals surface area contributed by atoms with Gasteiger partial charge in [-0.3, -0.25) is 4.90 Å². The van der Waals surface area contributed by atoms with E-state index in [-0.39, 0.29) is 6.10 Å². The van der Waals surface area contributed by atoms with E-state index in [1.165, 1.54) is 5.56 Å². The number of aliphatic hydroxyl groups excluding tert-OH is 1. The molecule has 1 fully saturated rings. The highest BCUT2D eigenvalue weighted by atomic mass is 16.5. The molecule has 1 saturated heterocycles. The summed E-state index contributed by atoms with van der Waals surface area (Å²) in [6.07, 6.45) is 1.63. The molecule has 0 radical (unpaired) electrons. The molecule has 3 heteroatoms. The van der Waals surface area contributed by atoms with E-state index >= 15 is 0 Å². The Morgan fingerprint density at radius 2 is 1.94 bits per heavy atom. The topological polar surface area (TPSA) is 32.7 Å². The fourth-order valence-corrected chi connectivity index (χ4v) is 2.48. The van der Waals surface area contributed by atoms with Crippen molar-refractivity contribution in [2.45, 2.75) is 31.9 Å². The van der Waals surface area contributed by atoms with Gasteiger partial charge in [-0.2, -0.15) is 0 Å². The van der Waals surface area contributed by atoms with Gasteiger partial charge in [0, 0.05) is 24.7 Å². The first-order valence-corrected chi connectivity index (χ1v) is 6.27. The Morgan fingerprint density at radius 3 is 2.59 bits per heavy atom. The average Bonchev–Trinajstić information content (AvgIpc) is 2.39. The van der Waals surface area contributed by atoms with Gasteiger partial charge in [-0.25, -0.2) is 0 Å². The van der Waals surface area contributed by atoms with Crippen LogP contribution in [0.1, 0.15) is 31.4 Å². The van der Waals surface area contributed by atoms with Crippen LogP contribution in [0, 0.1) is 0 Å². The number of para-hydroxylation sites is 1. The molecule has 1 heterocycles. The van der Waals surface area contributed by atoms with Crippen molar-refractivity contribution in [3.63, 3.8) is 0 Å². The van der Waals surface area contributed by atoms with Gasteiger partial charge in [-0.05, 0) is 25.8 Å². The molecule has 1 aliphatic rings. The van der Waals surface area contributed by atoms with Gasteiger partial charge in [0.2, 0.25) is 0 Å². The van der Waals surface area contributed by atoms with Gasteiger partial charge >= 0.3 is 0 Å². The van der Waals surface area contributed by atoms with Gasteiger partial charge in [-0.15, -0.1) is 0 Å². The van der Waals surface area contributed by atoms with Crippen molar-refractivity contribution in [3.8, 4) is 5.75 Å². The van der Waals surface area contributed by atoms with Crippen LogP contribution >= 0.6 is 0 Å². The van der Waals surface area contributed by atoms with E-state index in [9.17, 15) is 5.11 Å². The largest absolute Gasteiger partial charge is 0.496 e. The molecule has 1 aromatic carbocycles. The van der Waals surface area contributed by atoms with E-state index in [0.717, 1.165) is 31.7 Å². The number of likely N-dealkylation sites (tertiary alicyclic amines) is 1. The number of benzene rings is 1. The normalized spacial score (nSPS) is 20.2. The van der Waals surface area contributed by atoms with Crippen LogP contribution in [-0.2, 0) is 0 Å². The Labute approximate surface area is 103 Å². The second kappa shape index (κ2) is 5.52. The van der Waals surface area contributed by atoms with E-state index in [4.69, 9.17) is 4.74 Å². The monoisotopic (exact) mass is 235 g/mol. The molecular formula is C14H21NO2. The maximum atomic E-state index is 9.53. The zero-order valence-electron chi connectivity index (χ0n) is 10.6. The standard InChI is InChI=1S/C14H21NO2/c1-11(15-9-7-12(16)8-10-15)13-5-3-4-6-14(13)17-2/h3-6,11-12,16H,7-10H2,1-2H3/t11-/m1/s1. The zero-order chi connectivity index (χ0) is 12.3. The van der Waals surface area contributed by atoms with Gasteiger partial charge in [0.15, 0.2) is 0 Å². The van der Waals surface area contributed by atoms with Crippen molar-refractivity contribution in [1.82, 2.24) is 4.90 Å². The van der Waals surface area contributed by atoms with Crippen molar-refractivity contribution in [2.75, 3.05) is 20.2 Å². The number of methoxy groups -OCH3 is 1. The fourth-order valence-electron chi connectivity index (χ4n) is 2.48. The van der Waals surface area contributed by atoms with Crippen LogP contribution in [0.15, 0.2) is 24.3 Å². The highest BCUT2D eigenvalue weighted by Gasteiger charge is 2.23. The molecule has 1 atom stereocenters. The van der Waals surface area contributed by atoms with Gasteiger partial charge in [-0.1, -0.05) is 18.2 Å². The SMILES string of the molecule is COc1ccccc1[C@@H](C)N1CCC(O)CC1. The Morgan fingerprint density at radius 1 is 1.29 bits per heavy atom. The maximum absolute atomic E-state index is 9.53. The van der Waals surface area contributed by atoms with Crippen molar-refractivity contribution < 1.29 is 9.84 Å². The van der Waals surface area contributed by atoms with Crippen LogP contribution in [0.3, 0.4) is 0 Å². The molecule has 3 nitrogen and oxygen atoms in total. The first-order valence-electron chi connectivity index (χ1n) is 6.27. The highest BCUT2D eigenvalue weighted by molar-refractivity contribution is 5.35. The lowest BCUT2D eigenvalue weighted by Gasteiger charge is -2.35. The molecule has 0 aliphatic carbocycles. The van der Waals surface area contributed by atoms with E-state index in [2.05, 4.69) is 17.9 Å². The third-order valence-corrected chi connectivity index (χ3v) is 3.64. The van der Waals surface area contributed by atoms with E-state index in [0.29, 0.717) is 6.04 Å². The first-order chi connectivity index (χ1) is 8.22. The molecule has 17 heavy (non-hydrogen) atoms. The van der Waals surface area contributed by atoms with E-state index < -0.39 is 0 Å². The van der Waals surface area contributed by atoms with Crippen molar-refractivity contribution >= 4 is 0 Å². The van der Waals surface area contributed by atoms with Crippen molar-refractivity contribution in [1.29, 1.82) is 0 Å². The Bertz CT molecular complexity index is 359. The number of rotatable bonds is 3. The highest BCUT2D eigenvalue weighted by Crippen LogP contribution is 2.30. The molecule has 0 saturated carbocycles.